The van der Waals surface area contributed by atoms with Crippen LogP contribution in [0.3, 0.4) is 0 Å². The minimum absolute atomic E-state index is 0.0897. The summed E-state index contributed by atoms with van der Waals surface area (Å²) in [4.78, 5) is 26.5. The number of hydrogen-bond acceptors (Lipinski definition) is 5. The van der Waals surface area contributed by atoms with Crippen molar-refractivity contribution in [2.75, 3.05) is 12.4 Å². The average Bonchev–Trinajstić information content (AvgIpc) is 2.42. The smallest absolute Gasteiger partial charge is 0.412 e. The van der Waals surface area contributed by atoms with Gasteiger partial charge >= 0.3 is 12.1 Å². The van der Waals surface area contributed by atoms with Gasteiger partial charge in [0.1, 0.15) is 11.2 Å². The van der Waals surface area contributed by atoms with Gasteiger partial charge in [-0.05, 0) is 38.5 Å². The maximum absolute atomic E-state index is 11.7. The minimum atomic E-state index is -1.16. The SMILES string of the molecule is CN=C/C(C(=O)O)=C(\N)c1ccc(NC(=O)OC(C)(C)C)cc1. The number of nitrogens with two attached hydrogens (primary N) is 1. The summed E-state index contributed by atoms with van der Waals surface area (Å²) in [5.41, 5.74) is 6.28. The Morgan fingerprint density at radius 2 is 1.83 bits per heavy atom. The van der Waals surface area contributed by atoms with Crippen molar-refractivity contribution in [3.63, 3.8) is 0 Å². The van der Waals surface area contributed by atoms with Crippen LogP contribution in [-0.4, -0.2) is 36.0 Å². The molecule has 0 aliphatic carbocycles. The van der Waals surface area contributed by atoms with E-state index in [4.69, 9.17) is 15.6 Å². The molecule has 0 spiro atoms. The highest BCUT2D eigenvalue weighted by Crippen LogP contribution is 2.17. The molecule has 7 heteroatoms. The quantitative estimate of drug-likeness (QED) is 0.582. The number of ether oxygens (including phenoxy) is 1. The lowest BCUT2D eigenvalue weighted by Gasteiger charge is -2.19. The third kappa shape index (κ3) is 5.82. The van der Waals surface area contributed by atoms with Gasteiger partial charge in [0.25, 0.3) is 0 Å². The second-order valence-electron chi connectivity index (χ2n) is 5.72. The Hall–Kier alpha value is -2.83. The van der Waals surface area contributed by atoms with E-state index in [9.17, 15) is 9.59 Å². The molecule has 23 heavy (non-hydrogen) atoms. The Labute approximate surface area is 134 Å². The summed E-state index contributed by atoms with van der Waals surface area (Å²) >= 11 is 0. The number of carbonyl (C=O) groups is 2. The fraction of sp³-hybridized carbons (Fsp3) is 0.312. The zero-order valence-corrected chi connectivity index (χ0v) is 13.6. The van der Waals surface area contributed by atoms with Gasteiger partial charge in [-0.1, -0.05) is 12.1 Å². The number of anilines is 1. The standard InChI is InChI=1S/C16H21N3O4/c1-16(2,3)23-15(22)19-11-7-5-10(6-8-11)13(17)12(9-18-4)14(20)21/h5-9H,17H2,1-4H3,(H,19,22)(H,20,21)/b13-12+,18-9?. The average molecular weight is 319 g/mol. The lowest BCUT2D eigenvalue weighted by molar-refractivity contribution is -0.131. The Bertz CT molecular complexity index is 640. The van der Waals surface area contributed by atoms with Crippen LogP contribution in [0, 0.1) is 0 Å². The van der Waals surface area contributed by atoms with E-state index in [1.807, 2.05) is 0 Å². The molecular weight excluding hydrogens is 298 g/mol. The normalized spacial score (nSPS) is 12.7. The lowest BCUT2D eigenvalue weighted by Crippen LogP contribution is -2.27. The van der Waals surface area contributed by atoms with Crippen LogP contribution in [0.1, 0.15) is 26.3 Å². The van der Waals surface area contributed by atoms with Crippen LogP contribution < -0.4 is 11.1 Å². The number of aliphatic carboxylic acids is 1. The molecule has 4 N–H and O–H groups in total. The molecule has 124 valence electrons. The summed E-state index contributed by atoms with van der Waals surface area (Å²) in [6, 6.07) is 6.42. The van der Waals surface area contributed by atoms with Crippen LogP contribution in [0.25, 0.3) is 5.70 Å². The topological polar surface area (TPSA) is 114 Å². The molecule has 0 atom stereocenters. The molecule has 0 aromatic heterocycles. The summed E-state index contributed by atoms with van der Waals surface area (Å²) in [6.07, 6.45) is 0.614. The van der Waals surface area contributed by atoms with Gasteiger partial charge in [-0.3, -0.25) is 10.3 Å². The van der Waals surface area contributed by atoms with Gasteiger partial charge in [0.05, 0.1) is 5.70 Å². The molecule has 0 heterocycles. The van der Waals surface area contributed by atoms with Gasteiger partial charge in [0.2, 0.25) is 0 Å². The molecule has 0 bridgehead atoms. The van der Waals surface area contributed by atoms with Gasteiger partial charge < -0.3 is 15.6 Å². The Kier molecular flexibility index (Phi) is 5.89. The molecule has 0 fully saturated rings. The van der Waals surface area contributed by atoms with E-state index in [0.717, 1.165) is 0 Å². The molecular formula is C16H21N3O4. The van der Waals surface area contributed by atoms with Crippen LogP contribution in [0.2, 0.25) is 0 Å². The Morgan fingerprint density at radius 3 is 2.26 bits per heavy atom. The maximum atomic E-state index is 11.7. The molecule has 1 rings (SSSR count). The molecule has 1 amide bonds. The summed E-state index contributed by atoms with van der Waals surface area (Å²) in [5.74, 6) is -1.16. The Morgan fingerprint density at radius 1 is 1.26 bits per heavy atom. The van der Waals surface area contributed by atoms with Crippen LogP contribution >= 0.6 is 0 Å². The molecule has 1 aromatic carbocycles. The van der Waals surface area contributed by atoms with E-state index in [0.29, 0.717) is 11.3 Å². The number of nitrogens with zero attached hydrogens (tertiary/aromatic N) is 1. The highest BCUT2D eigenvalue weighted by atomic mass is 16.6. The first kappa shape index (κ1) is 18.2. The lowest BCUT2D eigenvalue weighted by atomic mass is 10.1. The molecule has 0 saturated carbocycles. The molecule has 0 saturated heterocycles. The fourth-order valence-corrected chi connectivity index (χ4v) is 1.68. The second-order valence-corrected chi connectivity index (χ2v) is 5.72. The number of hydrogen-bond donors (Lipinski definition) is 3. The van der Waals surface area contributed by atoms with Gasteiger partial charge in [-0.25, -0.2) is 9.59 Å². The van der Waals surface area contributed by atoms with Crippen molar-refractivity contribution in [3.8, 4) is 0 Å². The molecule has 0 aliphatic rings. The van der Waals surface area contributed by atoms with Crippen LogP contribution in [0.15, 0.2) is 34.8 Å². The van der Waals surface area contributed by atoms with E-state index in [1.165, 1.54) is 13.3 Å². The highest BCUT2D eigenvalue weighted by molar-refractivity contribution is 6.14. The van der Waals surface area contributed by atoms with Gasteiger partial charge in [-0.2, -0.15) is 0 Å². The van der Waals surface area contributed by atoms with Crippen LogP contribution in [-0.2, 0) is 9.53 Å². The summed E-state index contributed by atoms with van der Waals surface area (Å²) < 4.78 is 5.14. The van der Waals surface area contributed by atoms with Gasteiger partial charge in [0, 0.05) is 18.9 Å². The van der Waals surface area contributed by atoms with Crippen LogP contribution in [0.4, 0.5) is 10.5 Å². The number of nitrogens with one attached hydrogen (secondary N) is 1. The predicted molar refractivity (Wildman–Crippen MR) is 89.5 cm³/mol. The monoisotopic (exact) mass is 319 g/mol. The first-order valence-electron chi connectivity index (χ1n) is 6.89. The predicted octanol–water partition coefficient (Wildman–Crippen LogP) is 2.49. The van der Waals surface area contributed by atoms with Gasteiger partial charge in [-0.15, -0.1) is 0 Å². The number of amides is 1. The van der Waals surface area contributed by atoms with E-state index >= 15 is 0 Å². The number of rotatable bonds is 4. The van der Waals surface area contributed by atoms with E-state index in [2.05, 4.69) is 10.3 Å². The Balaban J connectivity index is 2.94. The number of carboxylic acids is 1. The van der Waals surface area contributed by atoms with E-state index in [-0.39, 0.29) is 11.3 Å². The summed E-state index contributed by atoms with van der Waals surface area (Å²) in [6.45, 7) is 5.30. The number of benzene rings is 1. The molecule has 0 radical (unpaired) electrons. The van der Waals surface area contributed by atoms with Crippen molar-refractivity contribution in [1.82, 2.24) is 0 Å². The first-order valence-corrected chi connectivity index (χ1v) is 6.89. The second kappa shape index (κ2) is 7.44. The number of aliphatic imine (C=N–C) groups is 1. The molecule has 0 unspecified atom stereocenters. The van der Waals surface area contributed by atoms with E-state index in [1.54, 1.807) is 45.0 Å². The summed E-state index contributed by atoms with van der Waals surface area (Å²) in [7, 11) is 1.46. The largest absolute Gasteiger partial charge is 0.478 e. The molecule has 0 aliphatic heterocycles. The van der Waals surface area contributed by atoms with Crippen molar-refractivity contribution < 1.29 is 19.4 Å². The van der Waals surface area contributed by atoms with Crippen molar-refractivity contribution >= 4 is 29.7 Å². The summed E-state index contributed by atoms with van der Waals surface area (Å²) in [5, 5.41) is 11.7. The number of carboxylic acid groups (broad SMARTS) is 1. The third-order valence-corrected chi connectivity index (χ3v) is 2.62. The van der Waals surface area contributed by atoms with E-state index < -0.39 is 17.7 Å². The van der Waals surface area contributed by atoms with Crippen molar-refractivity contribution in [2.45, 2.75) is 26.4 Å². The molecule has 1 aromatic rings. The zero-order valence-electron chi connectivity index (χ0n) is 13.6. The molecule has 7 nitrogen and oxygen atoms in total. The fourth-order valence-electron chi connectivity index (χ4n) is 1.68. The third-order valence-electron chi connectivity index (χ3n) is 2.62. The maximum Gasteiger partial charge on any atom is 0.412 e. The minimum Gasteiger partial charge on any atom is -0.478 e. The zero-order chi connectivity index (χ0) is 17.6. The van der Waals surface area contributed by atoms with Crippen LogP contribution in [0.5, 0.6) is 0 Å². The van der Waals surface area contributed by atoms with Crippen molar-refractivity contribution in [2.24, 2.45) is 10.7 Å². The first-order chi connectivity index (χ1) is 10.6. The number of carbonyl (C=O) groups excluding carboxylic acids is 1. The van der Waals surface area contributed by atoms with Crippen molar-refractivity contribution in [3.05, 3.63) is 35.4 Å². The highest BCUT2D eigenvalue weighted by Gasteiger charge is 2.16. The van der Waals surface area contributed by atoms with Gasteiger partial charge in [0.15, 0.2) is 0 Å². The van der Waals surface area contributed by atoms with Crippen molar-refractivity contribution in [1.29, 1.82) is 0 Å².